The van der Waals surface area contributed by atoms with Gasteiger partial charge in [-0.25, -0.2) is 27.8 Å². The van der Waals surface area contributed by atoms with Crippen molar-refractivity contribution in [3.8, 4) is 17.1 Å². The lowest BCUT2D eigenvalue weighted by Crippen LogP contribution is -2.25. The number of thiazole rings is 1. The Kier molecular flexibility index (Phi) is 10.9. The molecule has 0 bridgehead atoms. The van der Waals surface area contributed by atoms with Crippen molar-refractivity contribution in [3.63, 3.8) is 0 Å². The number of aromatic nitrogens is 4. The molecule has 0 fully saturated rings. The standard InChI is InChI=1S/C31H32BrFN6O3S2/c1-2-12-44(40,41)13-11-34-10-4-7-30-39-28(19-43-30)26-16-24-27(17-35-26)36-20-37-31(24)38-23-8-9-29(25(32)15-23)42-18-21-5-3-6-22(33)14-21/h3,5-6,8-9,14-17,19-20,34H,2,4,7,10-13,18H2,1H3,(H,36,37,38). The highest BCUT2D eigenvalue weighted by atomic mass is 79.9. The Balaban J connectivity index is 1.20. The van der Waals surface area contributed by atoms with Crippen molar-refractivity contribution >= 4 is 59.5 Å². The Bertz CT molecular complexity index is 1840. The van der Waals surface area contributed by atoms with Gasteiger partial charge >= 0.3 is 0 Å². The highest BCUT2D eigenvalue weighted by Gasteiger charge is 2.12. The van der Waals surface area contributed by atoms with Gasteiger partial charge in [-0.05, 0) is 77.3 Å². The normalized spacial score (nSPS) is 11.6. The minimum atomic E-state index is -2.96. The molecular weight excluding hydrogens is 667 g/mol. The third kappa shape index (κ3) is 8.78. The summed E-state index contributed by atoms with van der Waals surface area (Å²) >= 11 is 5.15. The van der Waals surface area contributed by atoms with E-state index in [4.69, 9.17) is 9.72 Å². The zero-order valence-corrected chi connectivity index (χ0v) is 27.3. The third-order valence-electron chi connectivity index (χ3n) is 6.66. The Hall–Kier alpha value is -3.52. The Morgan fingerprint density at radius 2 is 1.91 bits per heavy atom. The average Bonchev–Trinajstić information content (AvgIpc) is 3.47. The molecule has 0 aliphatic carbocycles. The third-order valence-corrected chi connectivity index (χ3v) is 10.0. The van der Waals surface area contributed by atoms with Crippen molar-refractivity contribution in [1.82, 2.24) is 25.3 Å². The maximum Gasteiger partial charge on any atom is 0.151 e. The average molecular weight is 700 g/mol. The van der Waals surface area contributed by atoms with Gasteiger partial charge in [-0.1, -0.05) is 19.1 Å². The molecule has 0 amide bonds. The summed E-state index contributed by atoms with van der Waals surface area (Å²) in [7, 11) is -2.96. The quantitative estimate of drug-likeness (QED) is 0.115. The van der Waals surface area contributed by atoms with Gasteiger partial charge in [-0.2, -0.15) is 0 Å². The Morgan fingerprint density at radius 3 is 2.73 bits per heavy atom. The van der Waals surface area contributed by atoms with Crippen LogP contribution in [0.25, 0.3) is 22.3 Å². The number of halogens is 2. The van der Waals surface area contributed by atoms with Crippen LogP contribution in [-0.4, -0.2) is 52.9 Å². The number of sulfone groups is 1. The zero-order valence-electron chi connectivity index (χ0n) is 24.1. The number of nitrogens with one attached hydrogen (secondary N) is 2. The smallest absolute Gasteiger partial charge is 0.151 e. The highest BCUT2D eigenvalue weighted by Crippen LogP contribution is 2.32. The summed E-state index contributed by atoms with van der Waals surface area (Å²) in [6, 6.07) is 13.9. The summed E-state index contributed by atoms with van der Waals surface area (Å²) < 4.78 is 43.8. The minimum absolute atomic E-state index is 0.172. The lowest BCUT2D eigenvalue weighted by molar-refractivity contribution is 0.303. The molecule has 13 heteroatoms. The van der Waals surface area contributed by atoms with Gasteiger partial charge < -0.3 is 15.4 Å². The highest BCUT2D eigenvalue weighted by molar-refractivity contribution is 9.10. The van der Waals surface area contributed by atoms with Gasteiger partial charge in [0.1, 0.15) is 30.3 Å². The fourth-order valence-electron chi connectivity index (χ4n) is 4.49. The second-order valence-corrected chi connectivity index (χ2v) is 14.2. The first-order chi connectivity index (χ1) is 21.3. The predicted molar refractivity (Wildman–Crippen MR) is 177 cm³/mol. The number of anilines is 2. The van der Waals surface area contributed by atoms with E-state index in [0.29, 0.717) is 30.0 Å². The number of fused-ring (bicyclic) bond motifs is 1. The predicted octanol–water partition coefficient (Wildman–Crippen LogP) is 6.72. The molecule has 0 aliphatic heterocycles. The molecule has 0 saturated heterocycles. The first-order valence-corrected chi connectivity index (χ1v) is 17.7. The van der Waals surface area contributed by atoms with E-state index in [-0.39, 0.29) is 23.9 Å². The van der Waals surface area contributed by atoms with E-state index in [2.05, 4.69) is 41.5 Å². The van der Waals surface area contributed by atoms with E-state index < -0.39 is 9.84 Å². The number of rotatable bonds is 15. The maximum absolute atomic E-state index is 13.5. The van der Waals surface area contributed by atoms with Crippen molar-refractivity contribution in [1.29, 1.82) is 0 Å². The van der Waals surface area contributed by atoms with Crippen molar-refractivity contribution in [3.05, 3.63) is 87.3 Å². The van der Waals surface area contributed by atoms with Crippen LogP contribution in [0.1, 0.15) is 30.3 Å². The van der Waals surface area contributed by atoms with Crippen molar-refractivity contribution in [2.24, 2.45) is 0 Å². The van der Waals surface area contributed by atoms with Crippen molar-refractivity contribution in [2.75, 3.05) is 29.9 Å². The summed E-state index contributed by atoms with van der Waals surface area (Å²) in [4.78, 5) is 18.2. The summed E-state index contributed by atoms with van der Waals surface area (Å²) in [5, 5.41) is 10.4. The van der Waals surface area contributed by atoms with E-state index in [0.717, 1.165) is 56.9 Å². The fourth-order valence-corrected chi connectivity index (χ4v) is 7.10. The van der Waals surface area contributed by atoms with Gasteiger partial charge in [0.05, 0.1) is 38.3 Å². The van der Waals surface area contributed by atoms with Gasteiger partial charge in [0, 0.05) is 35.2 Å². The molecule has 5 rings (SSSR count). The monoisotopic (exact) mass is 698 g/mol. The van der Waals surface area contributed by atoms with Crippen LogP contribution in [0.2, 0.25) is 0 Å². The van der Waals surface area contributed by atoms with Crippen LogP contribution in [0.3, 0.4) is 0 Å². The van der Waals surface area contributed by atoms with E-state index >= 15 is 0 Å². The fraction of sp³-hybridized carbons (Fsp3) is 0.290. The molecule has 9 nitrogen and oxygen atoms in total. The molecule has 3 heterocycles. The van der Waals surface area contributed by atoms with Crippen LogP contribution in [0.15, 0.2) is 70.9 Å². The summed E-state index contributed by atoms with van der Waals surface area (Å²) in [6.45, 7) is 3.32. The lowest BCUT2D eigenvalue weighted by atomic mass is 10.2. The van der Waals surface area contributed by atoms with Gasteiger partial charge in [0.15, 0.2) is 9.84 Å². The number of benzene rings is 2. The minimum Gasteiger partial charge on any atom is -0.488 e. The summed E-state index contributed by atoms with van der Waals surface area (Å²) in [5.74, 6) is 1.37. The first kappa shape index (κ1) is 31.9. The number of pyridine rings is 1. The largest absolute Gasteiger partial charge is 0.488 e. The first-order valence-electron chi connectivity index (χ1n) is 14.2. The van der Waals surface area contributed by atoms with Crippen molar-refractivity contribution < 1.29 is 17.5 Å². The summed E-state index contributed by atoms with van der Waals surface area (Å²) in [6.07, 6.45) is 5.50. The molecule has 0 atom stereocenters. The molecule has 44 heavy (non-hydrogen) atoms. The molecule has 2 aromatic carbocycles. The van der Waals surface area contributed by atoms with Crippen LogP contribution in [0.4, 0.5) is 15.9 Å². The van der Waals surface area contributed by atoms with Gasteiger partial charge in [-0.3, -0.25) is 4.98 Å². The topological polar surface area (TPSA) is 119 Å². The van der Waals surface area contributed by atoms with Gasteiger partial charge in [-0.15, -0.1) is 11.3 Å². The van der Waals surface area contributed by atoms with Gasteiger partial charge in [0.2, 0.25) is 0 Å². The second kappa shape index (κ2) is 15.0. The Labute approximate surface area is 268 Å². The molecule has 0 spiro atoms. The maximum atomic E-state index is 13.5. The number of hydrogen-bond donors (Lipinski definition) is 2. The molecule has 3 aromatic heterocycles. The number of nitrogens with zero attached hydrogens (tertiary/aromatic N) is 4. The van der Waals surface area contributed by atoms with E-state index in [1.165, 1.54) is 18.5 Å². The van der Waals surface area contributed by atoms with Crippen LogP contribution in [0.5, 0.6) is 5.75 Å². The molecule has 0 saturated carbocycles. The molecule has 5 aromatic rings. The van der Waals surface area contributed by atoms with Gasteiger partial charge in [0.25, 0.3) is 0 Å². The molecule has 2 N–H and O–H groups in total. The van der Waals surface area contributed by atoms with E-state index in [1.54, 1.807) is 23.6 Å². The number of aryl methyl sites for hydroxylation is 1. The summed E-state index contributed by atoms with van der Waals surface area (Å²) in [5.41, 5.74) is 3.74. The number of ether oxygens (including phenoxy) is 1. The van der Waals surface area contributed by atoms with Crippen LogP contribution in [-0.2, 0) is 22.9 Å². The SMILES string of the molecule is CCCS(=O)(=O)CCNCCCc1nc(-c2cc3c(Nc4ccc(OCc5cccc(F)c5)c(Br)c4)ncnc3cn2)cs1. The van der Waals surface area contributed by atoms with Crippen LogP contribution < -0.4 is 15.4 Å². The molecule has 0 unspecified atom stereocenters. The van der Waals surface area contributed by atoms with Crippen LogP contribution >= 0.6 is 27.3 Å². The molecule has 0 radical (unpaired) electrons. The van der Waals surface area contributed by atoms with Crippen molar-refractivity contribution in [2.45, 2.75) is 32.8 Å². The Morgan fingerprint density at radius 1 is 1.02 bits per heavy atom. The zero-order chi connectivity index (χ0) is 30.9. The molecular formula is C31H32BrFN6O3S2. The van der Waals surface area contributed by atoms with Crippen LogP contribution in [0, 0.1) is 5.82 Å². The van der Waals surface area contributed by atoms with E-state index in [9.17, 15) is 12.8 Å². The molecule has 230 valence electrons. The lowest BCUT2D eigenvalue weighted by Gasteiger charge is -2.12. The molecule has 0 aliphatic rings. The second-order valence-electron chi connectivity index (χ2n) is 10.1. The number of hydrogen-bond acceptors (Lipinski definition) is 10. The van der Waals surface area contributed by atoms with E-state index in [1.807, 2.05) is 42.6 Å².